The van der Waals surface area contributed by atoms with Gasteiger partial charge in [-0.05, 0) is 18.2 Å². The highest BCUT2D eigenvalue weighted by Crippen LogP contribution is 2.32. The van der Waals surface area contributed by atoms with Crippen molar-refractivity contribution < 1.29 is 27.5 Å². The molecule has 1 unspecified atom stereocenters. The van der Waals surface area contributed by atoms with E-state index in [1.165, 1.54) is 30.4 Å². The highest BCUT2D eigenvalue weighted by Gasteiger charge is 2.33. The van der Waals surface area contributed by atoms with Crippen molar-refractivity contribution in [2.75, 3.05) is 13.6 Å². The molecule has 2 amide bonds. The summed E-state index contributed by atoms with van der Waals surface area (Å²) in [6.07, 6.45) is 1.70. The first-order valence-corrected chi connectivity index (χ1v) is 8.82. The second kappa shape index (κ2) is 8.06. The van der Waals surface area contributed by atoms with E-state index in [9.17, 15) is 22.8 Å². The summed E-state index contributed by atoms with van der Waals surface area (Å²) in [6, 6.07) is 3.33. The van der Waals surface area contributed by atoms with E-state index in [-0.39, 0.29) is 36.7 Å². The van der Waals surface area contributed by atoms with E-state index in [1.807, 2.05) is 0 Å². The molecule has 1 saturated heterocycles. The number of ether oxygens (including phenoxy) is 1. The molecule has 0 bridgehead atoms. The summed E-state index contributed by atoms with van der Waals surface area (Å²) in [4.78, 5) is 33.2. The fraction of sp³-hybridized carbons (Fsp3) is 0.368. The van der Waals surface area contributed by atoms with Crippen molar-refractivity contribution in [3.8, 4) is 11.3 Å². The number of hydrogen-bond donors (Lipinski definition) is 1. The van der Waals surface area contributed by atoms with Crippen molar-refractivity contribution in [1.82, 2.24) is 20.2 Å². The molecule has 1 fully saturated rings. The lowest BCUT2D eigenvalue weighted by Gasteiger charge is -2.14. The maximum absolute atomic E-state index is 13.7. The summed E-state index contributed by atoms with van der Waals surface area (Å²) in [5, 5.41) is 2.46. The Balaban J connectivity index is 1.77. The van der Waals surface area contributed by atoms with Gasteiger partial charge in [0, 0.05) is 19.5 Å². The van der Waals surface area contributed by atoms with Crippen LogP contribution in [0.5, 0.6) is 0 Å². The van der Waals surface area contributed by atoms with Crippen molar-refractivity contribution in [1.29, 1.82) is 0 Å². The van der Waals surface area contributed by atoms with Gasteiger partial charge in [-0.25, -0.2) is 22.9 Å². The van der Waals surface area contributed by atoms with E-state index in [0.717, 1.165) is 12.1 Å². The van der Waals surface area contributed by atoms with Crippen LogP contribution in [0.1, 0.15) is 24.6 Å². The molecule has 1 aliphatic rings. The molecule has 1 N–H and O–H groups in total. The van der Waals surface area contributed by atoms with E-state index in [2.05, 4.69) is 15.3 Å². The molecule has 154 valence electrons. The predicted molar refractivity (Wildman–Crippen MR) is 96.4 cm³/mol. The Morgan fingerprint density at radius 3 is 2.83 bits per heavy atom. The first-order valence-electron chi connectivity index (χ1n) is 8.82. The first kappa shape index (κ1) is 20.6. The molecule has 2 aromatic rings. The summed E-state index contributed by atoms with van der Waals surface area (Å²) < 4.78 is 46.1. The maximum Gasteiger partial charge on any atom is 0.410 e. The number of hydrogen-bond acceptors (Lipinski definition) is 5. The van der Waals surface area contributed by atoms with Crippen molar-refractivity contribution in [3.05, 3.63) is 47.7 Å². The standard InChI is InChI=1S/C19H19F3N4O3/c1-19(21,22)14-5-11(3-4-15(14)20)16-8-24-7-12(25-16)9-26-10-13(29-18(26)28)6-17(27)23-2/h3-5,7-8,13H,6,9-10H2,1-2H3,(H,23,27). The summed E-state index contributed by atoms with van der Waals surface area (Å²) >= 11 is 0. The molecule has 7 nitrogen and oxygen atoms in total. The van der Waals surface area contributed by atoms with Crippen molar-refractivity contribution in [2.45, 2.75) is 31.9 Å². The lowest BCUT2D eigenvalue weighted by Crippen LogP contribution is -2.28. The van der Waals surface area contributed by atoms with Gasteiger partial charge in [-0.3, -0.25) is 14.7 Å². The molecule has 2 heterocycles. The third-order valence-electron chi connectivity index (χ3n) is 4.41. The topological polar surface area (TPSA) is 84.4 Å². The fourth-order valence-electron chi connectivity index (χ4n) is 2.96. The van der Waals surface area contributed by atoms with E-state index in [0.29, 0.717) is 12.6 Å². The van der Waals surface area contributed by atoms with Gasteiger partial charge >= 0.3 is 6.09 Å². The minimum atomic E-state index is -3.34. The molecule has 29 heavy (non-hydrogen) atoms. The minimum absolute atomic E-state index is 0.0496. The molecule has 0 aliphatic carbocycles. The summed E-state index contributed by atoms with van der Waals surface area (Å²) in [6.45, 7) is 0.897. The number of rotatable bonds is 6. The van der Waals surface area contributed by atoms with Crippen LogP contribution in [0, 0.1) is 5.82 Å². The molecule has 0 radical (unpaired) electrons. The van der Waals surface area contributed by atoms with Crippen LogP contribution < -0.4 is 5.32 Å². The van der Waals surface area contributed by atoms with Crippen LogP contribution in [-0.4, -0.2) is 46.6 Å². The van der Waals surface area contributed by atoms with Crippen LogP contribution in [0.4, 0.5) is 18.0 Å². The number of cyclic esters (lactones) is 1. The molecular weight excluding hydrogens is 389 g/mol. The van der Waals surface area contributed by atoms with Gasteiger partial charge in [-0.2, -0.15) is 0 Å². The van der Waals surface area contributed by atoms with E-state index >= 15 is 0 Å². The maximum atomic E-state index is 13.7. The zero-order valence-corrected chi connectivity index (χ0v) is 15.8. The predicted octanol–water partition coefficient (Wildman–Crippen LogP) is 2.85. The first-order chi connectivity index (χ1) is 13.7. The lowest BCUT2D eigenvalue weighted by molar-refractivity contribution is -0.122. The smallest absolute Gasteiger partial charge is 0.410 e. The van der Waals surface area contributed by atoms with Crippen molar-refractivity contribution in [2.24, 2.45) is 0 Å². The largest absolute Gasteiger partial charge is 0.444 e. The number of nitrogens with one attached hydrogen (secondary N) is 1. The van der Waals surface area contributed by atoms with E-state index in [1.54, 1.807) is 0 Å². The number of amides is 2. The van der Waals surface area contributed by atoms with Crippen LogP contribution in [0.15, 0.2) is 30.6 Å². The third kappa shape index (κ3) is 4.82. The number of aromatic nitrogens is 2. The summed E-state index contributed by atoms with van der Waals surface area (Å²) in [7, 11) is 1.49. The average molecular weight is 408 g/mol. The number of alkyl halides is 2. The average Bonchev–Trinajstić information content (AvgIpc) is 3.00. The quantitative estimate of drug-likeness (QED) is 0.795. The highest BCUT2D eigenvalue weighted by atomic mass is 19.3. The van der Waals surface area contributed by atoms with Gasteiger partial charge in [0.2, 0.25) is 5.91 Å². The van der Waals surface area contributed by atoms with Crippen LogP contribution in [0.3, 0.4) is 0 Å². The lowest BCUT2D eigenvalue weighted by atomic mass is 10.0. The van der Waals surface area contributed by atoms with Crippen LogP contribution in [0.25, 0.3) is 11.3 Å². The molecule has 0 saturated carbocycles. The molecule has 3 rings (SSSR count). The van der Waals surface area contributed by atoms with Gasteiger partial charge in [0.25, 0.3) is 5.92 Å². The van der Waals surface area contributed by atoms with Gasteiger partial charge in [-0.15, -0.1) is 0 Å². The second-order valence-corrected chi connectivity index (χ2v) is 6.74. The van der Waals surface area contributed by atoms with E-state index in [4.69, 9.17) is 4.74 Å². The number of carbonyl (C=O) groups is 2. The Morgan fingerprint density at radius 1 is 1.38 bits per heavy atom. The van der Waals surface area contributed by atoms with Crippen LogP contribution in [-0.2, 0) is 22.0 Å². The summed E-state index contributed by atoms with van der Waals surface area (Å²) in [5.74, 6) is -4.59. The Bertz CT molecular complexity index is 933. The van der Waals surface area contributed by atoms with Crippen LogP contribution >= 0.6 is 0 Å². The van der Waals surface area contributed by atoms with Gasteiger partial charge in [0.15, 0.2) is 0 Å². The Kier molecular flexibility index (Phi) is 5.71. The van der Waals surface area contributed by atoms with Gasteiger partial charge < -0.3 is 10.1 Å². The number of halogens is 3. The fourth-order valence-corrected chi connectivity index (χ4v) is 2.96. The van der Waals surface area contributed by atoms with Gasteiger partial charge in [0.1, 0.15) is 11.9 Å². The monoisotopic (exact) mass is 408 g/mol. The van der Waals surface area contributed by atoms with E-state index < -0.39 is 29.5 Å². The molecule has 10 heteroatoms. The number of carbonyl (C=O) groups excluding carboxylic acids is 2. The second-order valence-electron chi connectivity index (χ2n) is 6.74. The molecule has 1 aromatic heterocycles. The minimum Gasteiger partial charge on any atom is -0.444 e. The Hall–Kier alpha value is -3.17. The Morgan fingerprint density at radius 2 is 2.14 bits per heavy atom. The van der Waals surface area contributed by atoms with Crippen LogP contribution in [0.2, 0.25) is 0 Å². The Labute approximate surface area is 164 Å². The molecule has 1 atom stereocenters. The molecule has 0 spiro atoms. The van der Waals surface area contributed by atoms with Crippen molar-refractivity contribution >= 4 is 12.0 Å². The zero-order valence-electron chi connectivity index (χ0n) is 15.8. The summed E-state index contributed by atoms with van der Waals surface area (Å²) in [5.41, 5.74) is 0.206. The number of nitrogens with zero attached hydrogens (tertiary/aromatic N) is 3. The van der Waals surface area contributed by atoms with Gasteiger partial charge in [-0.1, -0.05) is 0 Å². The highest BCUT2D eigenvalue weighted by molar-refractivity contribution is 5.77. The van der Waals surface area contributed by atoms with Crippen molar-refractivity contribution in [3.63, 3.8) is 0 Å². The zero-order chi connectivity index (χ0) is 21.2. The molecular formula is C19H19F3N4O3. The van der Waals surface area contributed by atoms with Gasteiger partial charge in [0.05, 0.1) is 48.9 Å². The molecule has 1 aromatic carbocycles. The third-order valence-corrected chi connectivity index (χ3v) is 4.41. The SMILES string of the molecule is CNC(=O)CC1CN(Cc2cncc(-c3ccc(F)c(C(C)(F)F)c3)n2)C(=O)O1. The molecule has 1 aliphatic heterocycles. The number of benzene rings is 1. The normalized spacial score (nSPS) is 16.7.